The molecule has 0 unspecified atom stereocenters. The van der Waals surface area contributed by atoms with Crippen molar-refractivity contribution in [1.29, 1.82) is 0 Å². The molecule has 0 radical (unpaired) electrons. The average molecular weight is 398 g/mol. The van der Waals surface area contributed by atoms with Crippen molar-refractivity contribution in [2.45, 2.75) is 13.3 Å². The number of carbonyl (C=O) groups is 2. The van der Waals surface area contributed by atoms with E-state index in [1.807, 2.05) is 49.4 Å². The van der Waals surface area contributed by atoms with Crippen molar-refractivity contribution in [1.82, 2.24) is 0 Å². The minimum absolute atomic E-state index is 0.0480. The van der Waals surface area contributed by atoms with Crippen LogP contribution in [0, 0.1) is 6.92 Å². The Labute approximate surface area is 170 Å². The molecule has 3 rings (SSSR count). The third kappa shape index (κ3) is 5.96. The summed E-state index contributed by atoms with van der Waals surface area (Å²) in [6, 6.07) is 13.2. The number of anilines is 2. The molecule has 1 saturated heterocycles. The van der Waals surface area contributed by atoms with Gasteiger partial charge in [0.25, 0.3) is 5.91 Å². The van der Waals surface area contributed by atoms with Gasteiger partial charge in [-0.1, -0.05) is 17.7 Å². The van der Waals surface area contributed by atoms with Crippen LogP contribution in [-0.4, -0.2) is 51.9 Å². The van der Waals surface area contributed by atoms with Crippen LogP contribution in [0.15, 0.2) is 42.5 Å². The Bertz CT molecular complexity index is 845. The number of methoxy groups -OCH3 is 1. The molecule has 7 heteroatoms. The fourth-order valence-corrected chi connectivity index (χ4v) is 3.17. The van der Waals surface area contributed by atoms with Gasteiger partial charge in [0.05, 0.1) is 26.7 Å². The van der Waals surface area contributed by atoms with Crippen LogP contribution < -0.4 is 15.0 Å². The highest BCUT2D eigenvalue weighted by molar-refractivity contribution is 5.93. The number of aryl methyl sites for hydroxylation is 1. The van der Waals surface area contributed by atoms with E-state index < -0.39 is 5.97 Å². The van der Waals surface area contributed by atoms with E-state index >= 15 is 0 Å². The summed E-state index contributed by atoms with van der Waals surface area (Å²) >= 11 is 0. The summed E-state index contributed by atoms with van der Waals surface area (Å²) in [6.45, 7) is 4.75. The smallest absolute Gasteiger partial charge is 0.310 e. The molecule has 1 amide bonds. The molecule has 1 aliphatic heterocycles. The number of esters is 1. The van der Waals surface area contributed by atoms with Crippen molar-refractivity contribution >= 4 is 23.3 Å². The lowest BCUT2D eigenvalue weighted by molar-refractivity contribution is -0.146. The number of hydrogen-bond donors (Lipinski definition) is 1. The summed E-state index contributed by atoms with van der Waals surface area (Å²) in [5, 5.41) is 2.74. The molecule has 2 aromatic rings. The monoisotopic (exact) mass is 398 g/mol. The third-order valence-electron chi connectivity index (χ3n) is 4.66. The molecular weight excluding hydrogens is 372 g/mol. The van der Waals surface area contributed by atoms with Gasteiger partial charge in [-0.15, -0.1) is 0 Å². The number of ether oxygens (including phenoxy) is 3. The summed E-state index contributed by atoms with van der Waals surface area (Å²) in [5.41, 5.74) is 3.50. The van der Waals surface area contributed by atoms with Crippen LogP contribution in [0.1, 0.15) is 11.1 Å². The van der Waals surface area contributed by atoms with Crippen LogP contribution in [0.3, 0.4) is 0 Å². The van der Waals surface area contributed by atoms with Crippen molar-refractivity contribution in [3.63, 3.8) is 0 Å². The normalized spacial score (nSPS) is 13.7. The highest BCUT2D eigenvalue weighted by Crippen LogP contribution is 2.21. The van der Waals surface area contributed by atoms with Gasteiger partial charge in [0.15, 0.2) is 6.61 Å². The van der Waals surface area contributed by atoms with Gasteiger partial charge in [-0.3, -0.25) is 9.59 Å². The van der Waals surface area contributed by atoms with Gasteiger partial charge in [0.2, 0.25) is 0 Å². The van der Waals surface area contributed by atoms with E-state index in [2.05, 4.69) is 10.2 Å². The Morgan fingerprint density at radius 1 is 1.10 bits per heavy atom. The van der Waals surface area contributed by atoms with Crippen LogP contribution in [0.25, 0.3) is 0 Å². The van der Waals surface area contributed by atoms with Gasteiger partial charge < -0.3 is 24.4 Å². The van der Waals surface area contributed by atoms with Crippen molar-refractivity contribution < 1.29 is 23.8 Å². The number of amides is 1. The Balaban J connectivity index is 1.47. The lowest BCUT2D eigenvalue weighted by Crippen LogP contribution is -2.36. The van der Waals surface area contributed by atoms with E-state index in [0.29, 0.717) is 11.4 Å². The third-order valence-corrected chi connectivity index (χ3v) is 4.66. The van der Waals surface area contributed by atoms with E-state index in [9.17, 15) is 9.59 Å². The van der Waals surface area contributed by atoms with Crippen molar-refractivity contribution in [3.8, 4) is 5.75 Å². The Morgan fingerprint density at radius 3 is 2.52 bits per heavy atom. The van der Waals surface area contributed by atoms with E-state index in [1.54, 1.807) is 7.11 Å². The Kier molecular flexibility index (Phi) is 7.08. The first-order valence-electron chi connectivity index (χ1n) is 9.57. The SMILES string of the molecule is COc1ccc(C)cc1CC(=O)OCC(=O)Nc1ccc(N2CCOCC2)cc1. The van der Waals surface area contributed by atoms with Crippen molar-refractivity contribution in [2.24, 2.45) is 0 Å². The minimum atomic E-state index is -0.480. The fourth-order valence-electron chi connectivity index (χ4n) is 3.17. The summed E-state index contributed by atoms with van der Waals surface area (Å²) in [4.78, 5) is 26.4. The van der Waals surface area contributed by atoms with Crippen LogP contribution in [0.2, 0.25) is 0 Å². The van der Waals surface area contributed by atoms with E-state index in [0.717, 1.165) is 43.1 Å². The first kappa shape index (κ1) is 20.7. The van der Waals surface area contributed by atoms with Gasteiger partial charge in [0, 0.05) is 30.0 Å². The predicted molar refractivity (Wildman–Crippen MR) is 110 cm³/mol. The Morgan fingerprint density at radius 2 is 1.83 bits per heavy atom. The number of hydrogen-bond acceptors (Lipinski definition) is 6. The van der Waals surface area contributed by atoms with E-state index in [4.69, 9.17) is 14.2 Å². The molecule has 7 nitrogen and oxygen atoms in total. The second-order valence-electron chi connectivity index (χ2n) is 6.85. The Hall–Kier alpha value is -3.06. The molecule has 1 heterocycles. The maximum Gasteiger partial charge on any atom is 0.310 e. The van der Waals surface area contributed by atoms with E-state index in [-0.39, 0.29) is 18.9 Å². The molecule has 154 valence electrons. The van der Waals surface area contributed by atoms with Crippen LogP contribution in [0.5, 0.6) is 5.75 Å². The zero-order valence-electron chi connectivity index (χ0n) is 16.8. The van der Waals surface area contributed by atoms with Gasteiger partial charge >= 0.3 is 5.97 Å². The largest absolute Gasteiger partial charge is 0.496 e. The topological polar surface area (TPSA) is 77.1 Å². The van der Waals surface area contributed by atoms with Crippen molar-refractivity contribution in [2.75, 3.05) is 50.2 Å². The molecule has 0 aliphatic carbocycles. The van der Waals surface area contributed by atoms with Crippen molar-refractivity contribution in [3.05, 3.63) is 53.6 Å². The van der Waals surface area contributed by atoms with Gasteiger partial charge in [-0.05, 0) is 37.3 Å². The van der Waals surface area contributed by atoms with Crippen LogP contribution in [0.4, 0.5) is 11.4 Å². The number of nitrogens with one attached hydrogen (secondary N) is 1. The molecule has 0 bridgehead atoms. The molecule has 0 spiro atoms. The van der Waals surface area contributed by atoms with Crippen LogP contribution in [-0.2, 0) is 25.5 Å². The maximum absolute atomic E-state index is 12.1. The standard InChI is InChI=1S/C22H26N2O5/c1-16-3-8-20(27-2)17(13-16)14-22(26)29-15-21(25)23-18-4-6-19(7-5-18)24-9-11-28-12-10-24/h3-8,13H,9-12,14-15H2,1-2H3,(H,23,25). The first-order valence-corrected chi connectivity index (χ1v) is 9.57. The molecule has 1 fully saturated rings. The molecule has 0 aromatic heterocycles. The fraction of sp³-hybridized carbons (Fsp3) is 0.364. The molecule has 0 saturated carbocycles. The second kappa shape index (κ2) is 9.93. The summed E-state index contributed by atoms with van der Waals surface area (Å²) in [6.07, 6.45) is 0.0480. The molecular formula is C22H26N2O5. The number of morpholine rings is 1. The summed E-state index contributed by atoms with van der Waals surface area (Å²) < 4.78 is 15.7. The minimum Gasteiger partial charge on any atom is -0.496 e. The molecule has 2 aromatic carbocycles. The lowest BCUT2D eigenvalue weighted by Gasteiger charge is -2.28. The second-order valence-corrected chi connectivity index (χ2v) is 6.85. The highest BCUT2D eigenvalue weighted by atomic mass is 16.5. The van der Waals surface area contributed by atoms with E-state index in [1.165, 1.54) is 0 Å². The molecule has 0 atom stereocenters. The summed E-state index contributed by atoms with van der Waals surface area (Å²) in [7, 11) is 1.55. The van der Waals surface area contributed by atoms with Gasteiger partial charge in [-0.25, -0.2) is 0 Å². The number of benzene rings is 2. The zero-order valence-corrected chi connectivity index (χ0v) is 16.8. The van der Waals surface area contributed by atoms with Crippen LogP contribution >= 0.6 is 0 Å². The zero-order chi connectivity index (χ0) is 20.6. The highest BCUT2D eigenvalue weighted by Gasteiger charge is 2.13. The molecule has 1 aliphatic rings. The number of nitrogens with zero attached hydrogens (tertiary/aromatic N) is 1. The summed E-state index contributed by atoms with van der Waals surface area (Å²) in [5.74, 6) is -0.238. The predicted octanol–water partition coefficient (Wildman–Crippen LogP) is 2.56. The van der Waals surface area contributed by atoms with Gasteiger partial charge in [0.1, 0.15) is 5.75 Å². The van der Waals surface area contributed by atoms with Gasteiger partial charge in [-0.2, -0.15) is 0 Å². The maximum atomic E-state index is 12.1. The average Bonchev–Trinajstić information content (AvgIpc) is 2.74. The number of carbonyl (C=O) groups excluding carboxylic acids is 2. The first-order chi connectivity index (χ1) is 14.0. The quantitative estimate of drug-likeness (QED) is 0.723. The molecule has 1 N–H and O–H groups in total. The lowest BCUT2D eigenvalue weighted by atomic mass is 10.1. The molecule has 29 heavy (non-hydrogen) atoms. The number of rotatable bonds is 7.